The summed E-state index contributed by atoms with van der Waals surface area (Å²) in [4.78, 5) is 5.46. The summed E-state index contributed by atoms with van der Waals surface area (Å²) in [5.41, 5.74) is 8.85. The Bertz CT molecular complexity index is 824. The first kappa shape index (κ1) is 19.7. The van der Waals surface area contributed by atoms with Crippen LogP contribution in [0.3, 0.4) is 0 Å². The smallest absolute Gasteiger partial charge is 0.243 e. The van der Waals surface area contributed by atoms with Crippen LogP contribution in [-0.2, 0) is 10.0 Å². The topological polar surface area (TPSA) is 89.4 Å². The summed E-state index contributed by atoms with van der Waals surface area (Å²) < 4.78 is 27.3. The molecule has 27 heavy (non-hydrogen) atoms. The number of likely N-dealkylation sites (tertiary alicyclic amines) is 1. The van der Waals surface area contributed by atoms with Crippen molar-refractivity contribution >= 4 is 15.7 Å². The van der Waals surface area contributed by atoms with Crippen LogP contribution in [0.25, 0.3) is 10.4 Å². The Kier molecular flexibility index (Phi) is 6.40. The first-order valence-electron chi connectivity index (χ1n) is 9.37. The molecule has 0 radical (unpaired) electrons. The Morgan fingerprint density at radius 3 is 2.30 bits per heavy atom. The molecule has 2 aliphatic rings. The van der Waals surface area contributed by atoms with E-state index in [0.29, 0.717) is 30.7 Å². The van der Waals surface area contributed by atoms with Gasteiger partial charge in [-0.1, -0.05) is 17.2 Å². The van der Waals surface area contributed by atoms with Crippen molar-refractivity contribution < 1.29 is 8.42 Å². The van der Waals surface area contributed by atoms with E-state index in [2.05, 4.69) is 20.8 Å². The number of rotatable bonds is 5. The molecule has 0 N–H and O–H groups in total. The maximum atomic E-state index is 12.8. The van der Waals surface area contributed by atoms with Gasteiger partial charge in [-0.15, -0.1) is 12.3 Å². The number of nitrogens with zero attached hydrogens (tertiary/aromatic N) is 5. The van der Waals surface area contributed by atoms with E-state index in [1.807, 2.05) is 0 Å². The van der Waals surface area contributed by atoms with Crippen LogP contribution < -0.4 is 0 Å². The monoisotopic (exact) mass is 387 g/mol. The highest BCUT2D eigenvalue weighted by Crippen LogP contribution is 2.28. The third-order valence-electron chi connectivity index (χ3n) is 5.63. The molecule has 0 amide bonds. The van der Waals surface area contributed by atoms with Crippen molar-refractivity contribution in [1.29, 1.82) is 0 Å². The van der Waals surface area contributed by atoms with Gasteiger partial charge in [-0.25, -0.2) is 8.42 Å². The van der Waals surface area contributed by atoms with E-state index in [0.717, 1.165) is 45.2 Å². The lowest BCUT2D eigenvalue weighted by Crippen LogP contribution is -2.48. The Hall–Kier alpha value is -2.04. The molecule has 1 aromatic rings. The molecule has 0 saturated carbocycles. The van der Waals surface area contributed by atoms with E-state index in [-0.39, 0.29) is 4.90 Å². The second-order valence-corrected chi connectivity index (χ2v) is 9.14. The molecule has 0 bridgehead atoms. The predicted octanol–water partition coefficient (Wildman–Crippen LogP) is 3.52. The van der Waals surface area contributed by atoms with Crippen molar-refractivity contribution in [3.8, 4) is 12.3 Å². The van der Waals surface area contributed by atoms with E-state index < -0.39 is 10.0 Å². The van der Waals surface area contributed by atoms with Gasteiger partial charge < -0.3 is 4.90 Å². The van der Waals surface area contributed by atoms with Crippen LogP contribution in [-0.4, -0.2) is 49.8 Å². The third kappa shape index (κ3) is 4.63. The van der Waals surface area contributed by atoms with Crippen LogP contribution in [0.15, 0.2) is 34.3 Å². The van der Waals surface area contributed by atoms with Gasteiger partial charge in [0.1, 0.15) is 0 Å². The quantitative estimate of drug-likeness (QED) is 0.335. The molecular weight excluding hydrogens is 362 g/mol. The van der Waals surface area contributed by atoms with E-state index in [4.69, 9.17) is 12.0 Å². The van der Waals surface area contributed by atoms with Crippen LogP contribution >= 0.6 is 0 Å². The number of benzene rings is 1. The van der Waals surface area contributed by atoms with Gasteiger partial charge in [-0.05, 0) is 62.4 Å². The average molecular weight is 388 g/mol. The van der Waals surface area contributed by atoms with Gasteiger partial charge in [0.05, 0.1) is 4.90 Å². The minimum Gasteiger partial charge on any atom is -0.300 e. The second kappa shape index (κ2) is 8.77. The van der Waals surface area contributed by atoms with Crippen LogP contribution in [0.5, 0.6) is 0 Å². The van der Waals surface area contributed by atoms with Crippen LogP contribution in [0, 0.1) is 18.3 Å². The van der Waals surface area contributed by atoms with Crippen LogP contribution in [0.2, 0.25) is 0 Å². The standard InChI is InChI=1S/C19H25N5O2S/c1-2-3-16-8-12-23(13-9-16)18-10-14-24(15-11-18)27(25,26)19-6-4-17(5-7-19)21-22-20/h1,4-7,16,18H,3,8-15H2. The van der Waals surface area contributed by atoms with E-state index in [9.17, 15) is 8.42 Å². The van der Waals surface area contributed by atoms with E-state index in [1.54, 1.807) is 4.31 Å². The Morgan fingerprint density at radius 2 is 1.74 bits per heavy atom. The van der Waals surface area contributed by atoms with Crippen molar-refractivity contribution in [1.82, 2.24) is 9.21 Å². The van der Waals surface area contributed by atoms with Crippen molar-refractivity contribution in [2.24, 2.45) is 11.0 Å². The van der Waals surface area contributed by atoms with Gasteiger partial charge in [0.25, 0.3) is 0 Å². The molecule has 2 fully saturated rings. The molecule has 7 nitrogen and oxygen atoms in total. The van der Waals surface area contributed by atoms with Crippen LogP contribution in [0.1, 0.15) is 32.1 Å². The van der Waals surface area contributed by atoms with Crippen molar-refractivity contribution in [3.05, 3.63) is 34.7 Å². The zero-order chi connectivity index (χ0) is 19.3. The molecule has 144 valence electrons. The Balaban J connectivity index is 1.57. The lowest BCUT2D eigenvalue weighted by Gasteiger charge is -2.41. The summed E-state index contributed by atoms with van der Waals surface area (Å²) in [5, 5.41) is 3.48. The fourth-order valence-electron chi connectivity index (χ4n) is 4.02. The summed E-state index contributed by atoms with van der Waals surface area (Å²) in [6.45, 7) is 3.19. The average Bonchev–Trinajstić information content (AvgIpc) is 2.70. The molecule has 0 unspecified atom stereocenters. The molecule has 3 rings (SSSR count). The Labute approximate surface area is 161 Å². The normalized spacial score (nSPS) is 20.7. The molecule has 0 spiro atoms. The van der Waals surface area contributed by atoms with E-state index in [1.165, 1.54) is 24.3 Å². The molecule has 2 heterocycles. The highest BCUT2D eigenvalue weighted by molar-refractivity contribution is 7.89. The summed E-state index contributed by atoms with van der Waals surface area (Å²) in [7, 11) is -3.51. The molecule has 8 heteroatoms. The van der Waals surface area contributed by atoms with Crippen molar-refractivity contribution in [3.63, 3.8) is 0 Å². The number of azide groups is 1. The van der Waals surface area contributed by atoms with E-state index >= 15 is 0 Å². The maximum absolute atomic E-state index is 12.8. The summed E-state index contributed by atoms with van der Waals surface area (Å²) in [5.74, 6) is 3.40. The SMILES string of the molecule is C#CCC1CCN(C2CCN(S(=O)(=O)c3ccc(N=[N+]=[N-])cc3)CC2)CC1. The van der Waals surface area contributed by atoms with Gasteiger partial charge in [-0.3, -0.25) is 0 Å². The zero-order valence-electron chi connectivity index (χ0n) is 15.4. The number of sulfonamides is 1. The highest BCUT2D eigenvalue weighted by Gasteiger charge is 2.32. The summed E-state index contributed by atoms with van der Waals surface area (Å²) in [6.07, 6.45) is 10.3. The minimum atomic E-state index is -3.51. The fraction of sp³-hybridized carbons (Fsp3) is 0.579. The molecule has 0 aromatic heterocycles. The van der Waals surface area contributed by atoms with Crippen molar-refractivity contribution in [2.45, 2.75) is 43.0 Å². The predicted molar refractivity (Wildman–Crippen MR) is 105 cm³/mol. The molecule has 0 atom stereocenters. The number of piperidine rings is 2. The van der Waals surface area contributed by atoms with Crippen LogP contribution in [0.4, 0.5) is 5.69 Å². The first-order valence-corrected chi connectivity index (χ1v) is 10.8. The second-order valence-electron chi connectivity index (χ2n) is 7.21. The molecule has 2 saturated heterocycles. The first-order chi connectivity index (χ1) is 13.0. The Morgan fingerprint density at radius 1 is 1.11 bits per heavy atom. The van der Waals surface area contributed by atoms with Gasteiger partial charge in [0.15, 0.2) is 0 Å². The minimum absolute atomic E-state index is 0.243. The molecule has 0 aliphatic carbocycles. The summed E-state index contributed by atoms with van der Waals surface area (Å²) >= 11 is 0. The third-order valence-corrected chi connectivity index (χ3v) is 7.54. The van der Waals surface area contributed by atoms with Gasteiger partial charge >= 0.3 is 0 Å². The molecule has 1 aromatic carbocycles. The van der Waals surface area contributed by atoms with Gasteiger partial charge in [-0.2, -0.15) is 4.31 Å². The number of hydrogen-bond acceptors (Lipinski definition) is 4. The summed E-state index contributed by atoms with van der Waals surface area (Å²) in [6, 6.07) is 6.51. The zero-order valence-corrected chi connectivity index (χ0v) is 16.2. The van der Waals surface area contributed by atoms with Gasteiger partial charge in [0.2, 0.25) is 10.0 Å². The highest BCUT2D eigenvalue weighted by atomic mass is 32.2. The lowest BCUT2D eigenvalue weighted by molar-refractivity contribution is 0.0980. The molecular formula is C19H25N5O2S. The van der Waals surface area contributed by atoms with Crippen molar-refractivity contribution in [2.75, 3.05) is 26.2 Å². The lowest BCUT2D eigenvalue weighted by atomic mass is 9.92. The molecule has 2 aliphatic heterocycles. The fourth-order valence-corrected chi connectivity index (χ4v) is 5.49. The number of terminal acetylenes is 1. The number of hydrogen-bond donors (Lipinski definition) is 0. The maximum Gasteiger partial charge on any atom is 0.243 e. The van der Waals surface area contributed by atoms with Gasteiger partial charge in [0, 0.05) is 36.2 Å². The largest absolute Gasteiger partial charge is 0.300 e.